The molecular weight excluding hydrogens is 160 g/mol. The molecule has 0 saturated heterocycles. The van der Waals surface area contributed by atoms with Crippen molar-refractivity contribution in [3.8, 4) is 0 Å². The molecule has 6 nitrogen and oxygen atoms in total. The molecule has 6 heteroatoms. The summed E-state index contributed by atoms with van der Waals surface area (Å²) in [5.74, 6) is -0.114. The first-order valence-corrected chi connectivity index (χ1v) is 3.40. The second-order valence-corrected chi connectivity index (χ2v) is 2.29. The number of carbonyl (C=O) groups excluding carboxylic acids is 1. The van der Waals surface area contributed by atoms with E-state index in [0.29, 0.717) is 0 Å². The lowest BCUT2D eigenvalue weighted by molar-refractivity contribution is -0.144. The number of esters is 1. The Kier molecular flexibility index (Phi) is 2.27. The van der Waals surface area contributed by atoms with Gasteiger partial charge in [-0.15, -0.1) is 5.10 Å². The highest BCUT2D eigenvalue weighted by atomic mass is 16.5. The maximum atomic E-state index is 11.0. The first kappa shape index (κ1) is 8.51. The number of carbonyl (C=O) groups is 1. The zero-order valence-electron chi connectivity index (χ0n) is 6.89. The lowest BCUT2D eigenvalue weighted by Gasteiger charge is -2.06. The van der Waals surface area contributed by atoms with Gasteiger partial charge in [-0.2, -0.15) is 9.90 Å². The maximum Gasteiger partial charge on any atom is 0.332 e. The molecule has 0 fully saturated rings. The van der Waals surface area contributed by atoms with Gasteiger partial charge in [-0.25, -0.2) is 4.79 Å². The number of hydrogen-bond acceptors (Lipinski definition) is 5. The number of nitrogens with zero attached hydrogens (tertiary/aromatic N) is 3. The van der Waals surface area contributed by atoms with Crippen LogP contribution in [-0.2, 0) is 9.53 Å². The summed E-state index contributed by atoms with van der Waals surface area (Å²) in [7, 11) is 1.31. The summed E-state index contributed by atoms with van der Waals surface area (Å²) >= 11 is 0. The Morgan fingerprint density at radius 3 is 2.92 bits per heavy atom. The Balaban J connectivity index is 2.77. The molecule has 1 heterocycles. The van der Waals surface area contributed by atoms with E-state index in [9.17, 15) is 4.79 Å². The minimum absolute atomic E-state index is 0.283. The molecule has 1 unspecified atom stereocenters. The second kappa shape index (κ2) is 3.21. The van der Waals surface area contributed by atoms with Gasteiger partial charge in [-0.3, -0.25) is 0 Å². The van der Waals surface area contributed by atoms with Gasteiger partial charge in [-0.05, 0) is 6.92 Å². The molecule has 2 N–H and O–H groups in total. The van der Waals surface area contributed by atoms with E-state index in [-0.39, 0.29) is 5.82 Å². The lowest BCUT2D eigenvalue weighted by Crippen LogP contribution is -2.20. The Morgan fingerprint density at radius 2 is 2.50 bits per heavy atom. The second-order valence-electron chi connectivity index (χ2n) is 2.29. The third-order valence-electron chi connectivity index (χ3n) is 1.41. The summed E-state index contributed by atoms with van der Waals surface area (Å²) in [6.07, 6.45) is 1.37. The number of methoxy groups -OCH3 is 1. The van der Waals surface area contributed by atoms with Crippen molar-refractivity contribution in [1.82, 2.24) is 15.0 Å². The minimum Gasteiger partial charge on any atom is -0.467 e. The molecule has 0 radical (unpaired) electrons. The Hall–Kier alpha value is -1.59. The predicted octanol–water partition coefficient (Wildman–Crippen LogP) is -0.406. The molecule has 12 heavy (non-hydrogen) atoms. The molecule has 1 rings (SSSR count). The van der Waals surface area contributed by atoms with E-state index in [0.717, 1.165) is 0 Å². The summed E-state index contributed by atoms with van der Waals surface area (Å²) in [4.78, 5) is 12.2. The number of anilines is 1. The summed E-state index contributed by atoms with van der Waals surface area (Å²) in [5.41, 5.74) is 5.31. The highest BCUT2D eigenvalue weighted by Gasteiger charge is 2.16. The fourth-order valence-electron chi connectivity index (χ4n) is 0.740. The van der Waals surface area contributed by atoms with Crippen molar-refractivity contribution >= 4 is 11.8 Å². The molecule has 0 saturated carbocycles. The van der Waals surface area contributed by atoms with Gasteiger partial charge in [-0.1, -0.05) is 0 Å². The van der Waals surface area contributed by atoms with Gasteiger partial charge in [0.05, 0.1) is 13.3 Å². The highest BCUT2D eigenvalue weighted by Crippen LogP contribution is 2.04. The zero-order valence-corrected chi connectivity index (χ0v) is 6.89. The number of aromatic nitrogens is 3. The van der Waals surface area contributed by atoms with Crippen molar-refractivity contribution in [2.75, 3.05) is 12.8 Å². The quantitative estimate of drug-likeness (QED) is 0.610. The van der Waals surface area contributed by atoms with E-state index in [1.54, 1.807) is 6.92 Å². The fraction of sp³-hybridized carbons (Fsp3) is 0.500. The number of nitrogens with two attached hydrogens (primary N) is 1. The van der Waals surface area contributed by atoms with Crippen molar-refractivity contribution in [2.24, 2.45) is 0 Å². The molecule has 0 spiro atoms. The van der Waals surface area contributed by atoms with E-state index in [2.05, 4.69) is 14.9 Å². The Morgan fingerprint density at radius 1 is 1.83 bits per heavy atom. The molecule has 0 amide bonds. The first-order chi connectivity index (χ1) is 5.65. The predicted molar refractivity (Wildman–Crippen MR) is 41.2 cm³/mol. The Labute approximate surface area is 69.3 Å². The van der Waals surface area contributed by atoms with Crippen LogP contribution in [0.2, 0.25) is 0 Å². The standard InChI is InChI=1S/C6H10N4O2/c1-4(6(11)12-2)10-8-3-5(7)9-10/h3-4H,1-2H3,(H2,7,9). The topological polar surface area (TPSA) is 83.0 Å². The fourth-order valence-corrected chi connectivity index (χ4v) is 0.740. The van der Waals surface area contributed by atoms with Crippen LogP contribution in [0, 0.1) is 0 Å². The number of hydrogen-bond donors (Lipinski definition) is 1. The SMILES string of the molecule is COC(=O)C(C)n1ncc(N)n1. The summed E-state index contributed by atoms with van der Waals surface area (Å²) in [5, 5.41) is 7.53. The van der Waals surface area contributed by atoms with E-state index in [1.807, 2.05) is 0 Å². The van der Waals surface area contributed by atoms with Crippen molar-refractivity contribution < 1.29 is 9.53 Å². The third kappa shape index (κ3) is 1.52. The normalized spacial score (nSPS) is 12.5. The van der Waals surface area contributed by atoms with Crippen molar-refractivity contribution in [3.63, 3.8) is 0 Å². The van der Waals surface area contributed by atoms with Crippen LogP contribution in [0.5, 0.6) is 0 Å². The van der Waals surface area contributed by atoms with E-state index in [4.69, 9.17) is 5.73 Å². The van der Waals surface area contributed by atoms with Gasteiger partial charge < -0.3 is 10.5 Å². The average Bonchev–Trinajstić information content (AvgIpc) is 2.49. The lowest BCUT2D eigenvalue weighted by atomic mass is 10.4. The molecule has 1 aromatic heterocycles. The van der Waals surface area contributed by atoms with Crippen LogP contribution in [0.25, 0.3) is 0 Å². The largest absolute Gasteiger partial charge is 0.467 e. The summed E-state index contributed by atoms with van der Waals surface area (Å²) in [6.45, 7) is 1.63. The van der Waals surface area contributed by atoms with Gasteiger partial charge in [0.15, 0.2) is 11.9 Å². The molecular formula is C6H10N4O2. The van der Waals surface area contributed by atoms with Gasteiger partial charge in [0.25, 0.3) is 0 Å². The van der Waals surface area contributed by atoms with Crippen LogP contribution in [0.1, 0.15) is 13.0 Å². The molecule has 0 aromatic carbocycles. The van der Waals surface area contributed by atoms with E-state index >= 15 is 0 Å². The molecule has 1 aromatic rings. The van der Waals surface area contributed by atoms with E-state index in [1.165, 1.54) is 18.1 Å². The van der Waals surface area contributed by atoms with Crippen molar-refractivity contribution in [2.45, 2.75) is 13.0 Å². The molecule has 0 bridgehead atoms. The first-order valence-electron chi connectivity index (χ1n) is 3.40. The molecule has 0 aliphatic carbocycles. The molecule has 0 aliphatic rings. The monoisotopic (exact) mass is 170 g/mol. The number of nitrogen functional groups attached to an aromatic ring is 1. The van der Waals surface area contributed by atoms with Crippen LogP contribution < -0.4 is 5.73 Å². The van der Waals surface area contributed by atoms with E-state index < -0.39 is 12.0 Å². The van der Waals surface area contributed by atoms with Crippen LogP contribution in [0.3, 0.4) is 0 Å². The van der Waals surface area contributed by atoms with Crippen LogP contribution >= 0.6 is 0 Å². The average molecular weight is 170 g/mol. The van der Waals surface area contributed by atoms with Gasteiger partial charge in [0.1, 0.15) is 0 Å². The molecule has 66 valence electrons. The Bertz CT molecular complexity index is 283. The number of rotatable bonds is 2. The molecule has 1 atom stereocenters. The minimum atomic E-state index is -0.535. The number of ether oxygens (including phenoxy) is 1. The zero-order chi connectivity index (χ0) is 9.14. The van der Waals surface area contributed by atoms with Crippen LogP contribution in [0.15, 0.2) is 6.20 Å². The molecule has 0 aliphatic heterocycles. The smallest absolute Gasteiger partial charge is 0.332 e. The summed E-state index contributed by atoms with van der Waals surface area (Å²) < 4.78 is 4.50. The van der Waals surface area contributed by atoms with Crippen LogP contribution in [0.4, 0.5) is 5.82 Å². The van der Waals surface area contributed by atoms with Gasteiger partial charge in [0.2, 0.25) is 0 Å². The summed E-state index contributed by atoms with van der Waals surface area (Å²) in [6, 6.07) is -0.535. The highest BCUT2D eigenvalue weighted by molar-refractivity contribution is 5.73. The van der Waals surface area contributed by atoms with Gasteiger partial charge >= 0.3 is 5.97 Å². The van der Waals surface area contributed by atoms with Gasteiger partial charge in [0, 0.05) is 0 Å². The van der Waals surface area contributed by atoms with Crippen molar-refractivity contribution in [1.29, 1.82) is 0 Å². The third-order valence-corrected chi connectivity index (χ3v) is 1.41. The van der Waals surface area contributed by atoms with Crippen LogP contribution in [-0.4, -0.2) is 28.1 Å². The maximum absolute atomic E-state index is 11.0. The van der Waals surface area contributed by atoms with Crippen molar-refractivity contribution in [3.05, 3.63) is 6.20 Å².